The minimum atomic E-state index is -5.34. The largest absolute Gasteiger partial charge is 0.481 e. The molecule has 2 saturated heterocycles. The summed E-state index contributed by atoms with van der Waals surface area (Å²) in [6.07, 6.45) is -8.18. The maximum Gasteiger partial charge on any atom is 0.418 e. The van der Waals surface area contributed by atoms with Crippen LogP contribution in [0.1, 0.15) is 29.5 Å². The van der Waals surface area contributed by atoms with Crippen molar-refractivity contribution in [1.82, 2.24) is 10.2 Å². The Morgan fingerprint density at radius 3 is 2.17 bits per heavy atom. The van der Waals surface area contributed by atoms with Gasteiger partial charge in [0.05, 0.1) is 17.0 Å². The molecular weight excluding hydrogens is 560 g/mol. The van der Waals surface area contributed by atoms with Crippen molar-refractivity contribution in [2.45, 2.75) is 35.0 Å². The maximum atomic E-state index is 14.2. The number of aliphatic carboxylic acids is 1. The molecule has 0 unspecified atom stereocenters. The van der Waals surface area contributed by atoms with Gasteiger partial charge < -0.3 is 20.2 Å². The smallest absolute Gasteiger partial charge is 0.418 e. The average molecular weight is 588 g/mol. The van der Waals surface area contributed by atoms with E-state index in [1.165, 1.54) is 11.0 Å². The molecule has 0 saturated carbocycles. The van der Waals surface area contributed by atoms with Crippen LogP contribution >= 0.6 is 11.8 Å². The molecular formula is C27H27F6N3O3S. The highest BCUT2D eigenvalue weighted by Gasteiger charge is 2.46. The van der Waals surface area contributed by atoms with Crippen LogP contribution in [-0.2, 0) is 21.9 Å². The van der Waals surface area contributed by atoms with E-state index >= 15 is 0 Å². The second-order valence-corrected chi connectivity index (χ2v) is 10.6. The number of rotatable bonds is 6. The van der Waals surface area contributed by atoms with Crippen molar-refractivity contribution in [3.63, 3.8) is 0 Å². The number of nitrogens with zero attached hydrogens (tertiary/aromatic N) is 2. The molecule has 2 aromatic carbocycles. The molecule has 216 valence electrons. The lowest BCUT2D eigenvalue weighted by atomic mass is 9.97. The number of carboxylic acids is 1. The molecule has 40 heavy (non-hydrogen) atoms. The van der Waals surface area contributed by atoms with Crippen LogP contribution in [0.15, 0.2) is 52.3 Å². The Morgan fingerprint density at radius 2 is 1.57 bits per heavy atom. The highest BCUT2D eigenvalue weighted by molar-refractivity contribution is 7.99. The van der Waals surface area contributed by atoms with E-state index in [4.69, 9.17) is 0 Å². The molecule has 0 bridgehead atoms. The van der Waals surface area contributed by atoms with Gasteiger partial charge in [-0.15, -0.1) is 0 Å². The van der Waals surface area contributed by atoms with E-state index < -0.39 is 51.7 Å². The minimum absolute atomic E-state index is 0.300. The van der Waals surface area contributed by atoms with Crippen LogP contribution < -0.4 is 10.2 Å². The van der Waals surface area contributed by atoms with E-state index in [0.717, 1.165) is 24.3 Å². The number of carboxylic acid groups (broad SMARTS) is 1. The third kappa shape index (κ3) is 7.11. The monoisotopic (exact) mass is 587 g/mol. The summed E-state index contributed by atoms with van der Waals surface area (Å²) >= 11 is 0.564. The van der Waals surface area contributed by atoms with Crippen LogP contribution in [0.3, 0.4) is 0 Å². The summed E-state index contributed by atoms with van der Waals surface area (Å²) in [5.74, 6) is -1.93. The fourth-order valence-electron chi connectivity index (χ4n) is 4.82. The SMILES string of the molecule is O=C(O)C1CCN(c2cccc(Sc3ccc(/C=C/C(=O)N4CCNCC4)c(C(F)(F)F)c3C(F)(F)F)c2)CC1. The number of carbonyl (C=O) groups is 2. The highest BCUT2D eigenvalue weighted by Crippen LogP contribution is 2.48. The second-order valence-electron chi connectivity index (χ2n) is 9.51. The number of piperazine rings is 1. The molecule has 2 fully saturated rings. The zero-order chi connectivity index (χ0) is 29.1. The summed E-state index contributed by atoms with van der Waals surface area (Å²) in [5, 5.41) is 12.2. The lowest BCUT2D eigenvalue weighted by molar-refractivity contribution is -0.163. The molecule has 13 heteroatoms. The Balaban J connectivity index is 1.65. The first-order valence-corrected chi connectivity index (χ1v) is 13.4. The third-order valence-electron chi connectivity index (χ3n) is 6.86. The lowest BCUT2D eigenvalue weighted by Crippen LogP contribution is -2.45. The number of benzene rings is 2. The molecule has 0 spiro atoms. The summed E-state index contributed by atoms with van der Waals surface area (Å²) in [4.78, 5) is 26.6. The van der Waals surface area contributed by atoms with Gasteiger partial charge in [-0.3, -0.25) is 9.59 Å². The zero-order valence-electron chi connectivity index (χ0n) is 21.2. The molecule has 6 nitrogen and oxygen atoms in total. The lowest BCUT2D eigenvalue weighted by Gasteiger charge is -2.32. The van der Waals surface area contributed by atoms with E-state index in [-0.39, 0.29) is 0 Å². The predicted octanol–water partition coefficient (Wildman–Crippen LogP) is 5.62. The molecule has 2 aliphatic rings. The summed E-state index contributed by atoms with van der Waals surface area (Å²) < 4.78 is 85.0. The minimum Gasteiger partial charge on any atom is -0.481 e. The molecule has 0 radical (unpaired) electrons. The molecule has 2 aromatic rings. The zero-order valence-corrected chi connectivity index (χ0v) is 22.0. The van der Waals surface area contributed by atoms with Gasteiger partial charge in [-0.25, -0.2) is 0 Å². The summed E-state index contributed by atoms with van der Waals surface area (Å²) in [5.41, 5.74) is -3.76. The Hall–Kier alpha value is -3.19. The topological polar surface area (TPSA) is 72.9 Å². The number of halogens is 6. The molecule has 1 amide bonds. The van der Waals surface area contributed by atoms with Crippen LogP contribution in [0.5, 0.6) is 0 Å². The third-order valence-corrected chi connectivity index (χ3v) is 7.90. The van der Waals surface area contributed by atoms with Crippen LogP contribution in [0, 0.1) is 5.92 Å². The van der Waals surface area contributed by atoms with E-state index in [1.807, 2.05) is 4.90 Å². The van der Waals surface area contributed by atoms with Gasteiger partial charge in [-0.1, -0.05) is 23.9 Å². The van der Waals surface area contributed by atoms with Gasteiger partial charge in [-0.2, -0.15) is 26.3 Å². The molecule has 2 heterocycles. The van der Waals surface area contributed by atoms with Crippen LogP contribution in [0.2, 0.25) is 0 Å². The number of piperidine rings is 1. The number of anilines is 1. The van der Waals surface area contributed by atoms with E-state index in [1.54, 1.807) is 18.2 Å². The standard InChI is InChI=1S/C27H27F6N3O3S/c28-26(29,30)23-17(5-7-22(37)36-14-10-34-11-15-36)4-6-21(24(23)27(31,32)33)40-20-3-1-2-19(16-20)35-12-8-18(9-13-35)25(38)39/h1-7,16,18,34H,8-15H2,(H,38,39)/b7-5+. The molecule has 4 rings (SSSR count). The van der Waals surface area contributed by atoms with Gasteiger partial charge in [0.15, 0.2) is 0 Å². The fraction of sp³-hybridized carbons (Fsp3) is 0.407. The quantitative estimate of drug-likeness (QED) is 0.338. The van der Waals surface area contributed by atoms with Crippen LogP contribution in [0.4, 0.5) is 32.0 Å². The van der Waals surface area contributed by atoms with Gasteiger partial charge in [0.25, 0.3) is 0 Å². The molecule has 0 atom stereocenters. The van der Waals surface area contributed by atoms with Gasteiger partial charge in [0, 0.05) is 60.8 Å². The molecule has 2 aliphatic heterocycles. The van der Waals surface area contributed by atoms with Crippen molar-refractivity contribution in [2.75, 3.05) is 44.2 Å². The van der Waals surface area contributed by atoms with Crippen LogP contribution in [0.25, 0.3) is 6.08 Å². The van der Waals surface area contributed by atoms with Crippen molar-refractivity contribution in [2.24, 2.45) is 5.92 Å². The highest BCUT2D eigenvalue weighted by atomic mass is 32.2. The Morgan fingerprint density at radius 1 is 0.925 bits per heavy atom. The number of carbonyl (C=O) groups excluding carboxylic acids is 1. The Kier molecular flexibility index (Phi) is 9.03. The fourth-order valence-corrected chi connectivity index (χ4v) is 5.85. The summed E-state index contributed by atoms with van der Waals surface area (Å²) in [7, 11) is 0. The first kappa shape index (κ1) is 29.8. The number of alkyl halides is 6. The molecule has 2 N–H and O–H groups in total. The number of hydrogen-bond acceptors (Lipinski definition) is 5. The average Bonchev–Trinajstić information content (AvgIpc) is 2.91. The molecule has 0 aliphatic carbocycles. The first-order valence-electron chi connectivity index (χ1n) is 12.6. The van der Waals surface area contributed by atoms with Crippen molar-refractivity contribution in [3.05, 3.63) is 59.2 Å². The van der Waals surface area contributed by atoms with E-state index in [2.05, 4.69) is 5.32 Å². The summed E-state index contributed by atoms with van der Waals surface area (Å²) in [6, 6.07) is 8.34. The van der Waals surface area contributed by atoms with Crippen molar-refractivity contribution in [3.8, 4) is 0 Å². The van der Waals surface area contributed by atoms with Gasteiger partial charge in [0.1, 0.15) is 0 Å². The second kappa shape index (κ2) is 12.1. The van der Waals surface area contributed by atoms with Crippen molar-refractivity contribution < 1.29 is 41.0 Å². The van der Waals surface area contributed by atoms with Crippen molar-refractivity contribution >= 4 is 35.4 Å². The van der Waals surface area contributed by atoms with Crippen molar-refractivity contribution in [1.29, 1.82) is 0 Å². The number of amides is 1. The van der Waals surface area contributed by atoms with Gasteiger partial charge in [-0.05, 0) is 48.7 Å². The Labute approximate surface area is 231 Å². The number of hydrogen-bond donors (Lipinski definition) is 2. The first-order chi connectivity index (χ1) is 18.8. The Bertz CT molecular complexity index is 1270. The van der Waals surface area contributed by atoms with Gasteiger partial charge in [0.2, 0.25) is 5.91 Å². The van der Waals surface area contributed by atoms with E-state index in [0.29, 0.717) is 74.5 Å². The number of nitrogens with one attached hydrogen (secondary N) is 1. The van der Waals surface area contributed by atoms with Crippen LogP contribution in [-0.4, -0.2) is 61.2 Å². The molecule has 0 aromatic heterocycles. The van der Waals surface area contributed by atoms with E-state index in [9.17, 15) is 41.0 Å². The normalized spacial score (nSPS) is 17.4. The predicted molar refractivity (Wildman–Crippen MR) is 138 cm³/mol. The van der Waals surface area contributed by atoms with Gasteiger partial charge >= 0.3 is 18.3 Å². The summed E-state index contributed by atoms with van der Waals surface area (Å²) in [6.45, 7) is 2.58. The maximum absolute atomic E-state index is 14.2.